The van der Waals surface area contributed by atoms with Crippen LogP contribution in [0.4, 0.5) is 0 Å². The Morgan fingerprint density at radius 2 is 1.30 bits per heavy atom. The van der Waals surface area contributed by atoms with Gasteiger partial charge in [-0.1, -0.05) is 109 Å². The third-order valence-corrected chi connectivity index (χ3v) is 7.68. The first kappa shape index (κ1) is 31.4. The molecule has 5 atom stereocenters. The van der Waals surface area contributed by atoms with Crippen molar-refractivity contribution in [2.75, 3.05) is 13.7 Å². The first-order chi connectivity index (χ1) is 21.6. The number of benzene rings is 4. The van der Waals surface area contributed by atoms with Crippen molar-refractivity contribution >= 4 is 5.97 Å². The molecule has 0 aliphatic carbocycles. The number of rotatable bonds is 14. The lowest BCUT2D eigenvalue weighted by Gasteiger charge is -2.43. The van der Waals surface area contributed by atoms with Gasteiger partial charge in [-0.3, -0.25) is 0 Å². The van der Waals surface area contributed by atoms with Crippen LogP contribution in [0, 0.1) is 6.92 Å². The first-order valence-corrected chi connectivity index (χ1v) is 15.0. The summed E-state index contributed by atoms with van der Waals surface area (Å²) in [7, 11) is 1.36. The van der Waals surface area contributed by atoms with E-state index in [1.807, 2.05) is 122 Å². The number of hydrogen-bond acceptors (Lipinski definition) is 7. The van der Waals surface area contributed by atoms with Crippen molar-refractivity contribution in [3.05, 3.63) is 138 Å². The maximum atomic E-state index is 12.9. The molecule has 1 aliphatic heterocycles. The van der Waals surface area contributed by atoms with Crippen molar-refractivity contribution in [2.24, 2.45) is 0 Å². The van der Waals surface area contributed by atoms with Gasteiger partial charge in [0.1, 0.15) is 30.7 Å². The molecule has 0 N–H and O–H groups in total. The highest BCUT2D eigenvalue weighted by Gasteiger charge is 2.47. The minimum Gasteiger partial charge on any atom is -0.491 e. The third-order valence-electron chi connectivity index (χ3n) is 7.68. The van der Waals surface area contributed by atoms with Gasteiger partial charge in [-0.2, -0.15) is 0 Å². The van der Waals surface area contributed by atoms with Gasteiger partial charge in [-0.05, 0) is 35.2 Å². The summed E-state index contributed by atoms with van der Waals surface area (Å²) in [6, 6.07) is 37.7. The molecule has 0 aromatic heterocycles. The number of aryl methyl sites for hydroxylation is 1. The molecule has 1 saturated heterocycles. The Bertz CT molecular complexity index is 1410. The van der Waals surface area contributed by atoms with Crippen LogP contribution in [0.3, 0.4) is 0 Å². The van der Waals surface area contributed by atoms with E-state index in [9.17, 15) is 4.79 Å². The highest BCUT2D eigenvalue weighted by Crippen LogP contribution is 2.31. The zero-order valence-electron chi connectivity index (χ0n) is 25.2. The number of hydrogen-bond donors (Lipinski definition) is 0. The standard InChI is InChI=1S/C37H40O7/c1-27-14-12-13-21-31(27)42-26-34(41-24-29-17-8-4-9-18-29)36-35(43-25-30-19-10-5-11-20-30)32(22-33(44-36)37(38)39-2)40-23-28-15-6-3-7-16-28/h3-21,32-36H,22-26H2,1-2H3/t32-,33+,34-,35-,36-/m1/s1. The molecule has 0 spiro atoms. The van der Waals surface area contributed by atoms with Crippen LogP contribution in [0.25, 0.3) is 0 Å². The summed E-state index contributed by atoms with van der Waals surface area (Å²) in [6.45, 7) is 3.19. The van der Waals surface area contributed by atoms with Gasteiger partial charge in [0.05, 0.1) is 33.0 Å². The summed E-state index contributed by atoms with van der Waals surface area (Å²) >= 11 is 0. The van der Waals surface area contributed by atoms with E-state index < -0.39 is 36.5 Å². The Morgan fingerprint density at radius 3 is 1.89 bits per heavy atom. The van der Waals surface area contributed by atoms with Gasteiger partial charge >= 0.3 is 5.97 Å². The van der Waals surface area contributed by atoms with Crippen LogP contribution in [0.2, 0.25) is 0 Å². The van der Waals surface area contributed by atoms with Crippen LogP contribution in [-0.4, -0.2) is 50.2 Å². The van der Waals surface area contributed by atoms with Crippen molar-refractivity contribution in [2.45, 2.75) is 63.7 Å². The molecular weight excluding hydrogens is 556 g/mol. The molecule has 0 radical (unpaired) electrons. The smallest absolute Gasteiger partial charge is 0.335 e. The van der Waals surface area contributed by atoms with E-state index in [1.165, 1.54) is 7.11 Å². The number of ether oxygens (including phenoxy) is 6. The van der Waals surface area contributed by atoms with E-state index in [1.54, 1.807) is 0 Å². The Hall–Kier alpha value is -4.01. The largest absolute Gasteiger partial charge is 0.491 e. The fourth-order valence-corrected chi connectivity index (χ4v) is 5.28. The molecule has 1 fully saturated rings. The molecule has 7 heteroatoms. The van der Waals surface area contributed by atoms with Gasteiger partial charge in [-0.25, -0.2) is 4.79 Å². The molecule has 1 aliphatic rings. The summed E-state index contributed by atoms with van der Waals surface area (Å²) in [5, 5.41) is 0. The third kappa shape index (κ3) is 8.77. The topological polar surface area (TPSA) is 72.5 Å². The van der Waals surface area contributed by atoms with Gasteiger partial charge in [0.25, 0.3) is 0 Å². The molecule has 0 unspecified atom stereocenters. The summed E-state index contributed by atoms with van der Waals surface area (Å²) in [6.07, 6.45) is -2.94. The van der Waals surface area contributed by atoms with Crippen molar-refractivity contribution in [3.8, 4) is 5.75 Å². The minimum atomic E-state index is -0.858. The average molecular weight is 597 g/mol. The van der Waals surface area contributed by atoms with Crippen molar-refractivity contribution in [1.29, 1.82) is 0 Å². The summed E-state index contributed by atoms with van der Waals surface area (Å²) in [5.74, 6) is 0.284. The molecule has 4 aromatic carbocycles. The van der Waals surface area contributed by atoms with Gasteiger partial charge in [-0.15, -0.1) is 0 Å². The monoisotopic (exact) mass is 596 g/mol. The maximum absolute atomic E-state index is 12.9. The molecule has 4 aromatic rings. The Balaban J connectivity index is 1.45. The lowest BCUT2D eigenvalue weighted by atomic mass is 9.93. The fourth-order valence-electron chi connectivity index (χ4n) is 5.28. The second kappa shape index (κ2) is 16.2. The van der Waals surface area contributed by atoms with Gasteiger partial charge in [0.15, 0.2) is 6.10 Å². The Morgan fingerprint density at radius 1 is 0.750 bits per heavy atom. The predicted octanol–water partition coefficient (Wildman–Crippen LogP) is 6.46. The first-order valence-electron chi connectivity index (χ1n) is 15.0. The summed E-state index contributed by atoms with van der Waals surface area (Å²) in [4.78, 5) is 12.9. The Labute approximate surface area is 259 Å². The Kier molecular flexibility index (Phi) is 11.5. The number of esters is 1. The van der Waals surface area contributed by atoms with Gasteiger partial charge in [0.2, 0.25) is 0 Å². The van der Waals surface area contributed by atoms with Crippen LogP contribution in [0.15, 0.2) is 115 Å². The zero-order valence-corrected chi connectivity index (χ0v) is 25.2. The number of carbonyl (C=O) groups is 1. The van der Waals surface area contributed by atoms with E-state index in [0.29, 0.717) is 19.8 Å². The molecule has 230 valence electrons. The molecule has 0 amide bonds. The van der Waals surface area contributed by atoms with E-state index in [0.717, 1.165) is 28.0 Å². The molecule has 5 rings (SSSR count). The summed E-state index contributed by atoms with van der Waals surface area (Å²) < 4.78 is 37.6. The molecule has 7 nitrogen and oxygen atoms in total. The lowest BCUT2D eigenvalue weighted by molar-refractivity contribution is -0.243. The fraction of sp³-hybridized carbons (Fsp3) is 0.324. The van der Waals surface area contributed by atoms with Gasteiger partial charge in [0, 0.05) is 6.42 Å². The quantitative estimate of drug-likeness (QED) is 0.155. The van der Waals surface area contributed by atoms with Crippen LogP contribution >= 0.6 is 0 Å². The van der Waals surface area contributed by atoms with Crippen LogP contribution in [0.1, 0.15) is 28.7 Å². The second-order valence-corrected chi connectivity index (χ2v) is 10.9. The van der Waals surface area contributed by atoms with Crippen molar-refractivity contribution < 1.29 is 33.2 Å². The average Bonchev–Trinajstić information content (AvgIpc) is 3.08. The van der Waals surface area contributed by atoms with Crippen LogP contribution < -0.4 is 4.74 Å². The minimum absolute atomic E-state index is 0.173. The highest BCUT2D eigenvalue weighted by molar-refractivity contribution is 5.74. The molecular formula is C37H40O7. The maximum Gasteiger partial charge on any atom is 0.335 e. The molecule has 1 heterocycles. The van der Waals surface area contributed by atoms with Gasteiger partial charge < -0.3 is 28.4 Å². The predicted molar refractivity (Wildman–Crippen MR) is 167 cm³/mol. The number of methoxy groups -OCH3 is 1. The summed E-state index contributed by atoms with van der Waals surface area (Å²) in [5.41, 5.74) is 4.05. The molecule has 44 heavy (non-hydrogen) atoms. The van der Waals surface area contributed by atoms with Crippen LogP contribution in [-0.2, 0) is 48.3 Å². The van der Waals surface area contributed by atoms with Crippen molar-refractivity contribution in [3.63, 3.8) is 0 Å². The van der Waals surface area contributed by atoms with E-state index in [-0.39, 0.29) is 13.0 Å². The molecule has 0 bridgehead atoms. The highest BCUT2D eigenvalue weighted by atomic mass is 16.6. The normalized spacial score (nSPS) is 20.5. The second-order valence-electron chi connectivity index (χ2n) is 10.9. The van der Waals surface area contributed by atoms with Crippen LogP contribution in [0.5, 0.6) is 5.75 Å². The van der Waals surface area contributed by atoms with Crippen molar-refractivity contribution in [1.82, 2.24) is 0 Å². The van der Waals surface area contributed by atoms with E-state index in [2.05, 4.69) is 0 Å². The molecule has 0 saturated carbocycles. The number of para-hydroxylation sites is 1. The van der Waals surface area contributed by atoms with E-state index >= 15 is 0 Å². The van der Waals surface area contributed by atoms with E-state index in [4.69, 9.17) is 28.4 Å². The zero-order chi connectivity index (χ0) is 30.6. The SMILES string of the molecule is COC(=O)[C@@H]1C[C@@H](OCc2ccccc2)[C@@H](OCc2ccccc2)[C@@H]([C@@H](COc2ccccc2C)OCc2ccccc2)O1. The number of carbonyl (C=O) groups excluding carboxylic acids is 1. The lowest BCUT2D eigenvalue weighted by Crippen LogP contribution is -2.58.